The smallest absolute Gasteiger partial charge is 0.255 e. The van der Waals surface area contributed by atoms with Gasteiger partial charge in [-0.2, -0.15) is 5.26 Å². The van der Waals surface area contributed by atoms with E-state index in [1.54, 1.807) is 17.0 Å². The second-order valence-electron chi connectivity index (χ2n) is 9.64. The number of aromatic nitrogens is 2. The van der Waals surface area contributed by atoms with E-state index in [9.17, 15) is 15.2 Å². The molecule has 1 aliphatic rings. The fourth-order valence-electron chi connectivity index (χ4n) is 4.77. The highest BCUT2D eigenvalue weighted by Crippen LogP contribution is 2.34. The van der Waals surface area contributed by atoms with Crippen molar-refractivity contribution in [1.29, 1.82) is 5.26 Å². The Labute approximate surface area is 209 Å². The van der Waals surface area contributed by atoms with Crippen molar-refractivity contribution < 1.29 is 9.90 Å². The number of rotatable bonds is 4. The predicted molar refractivity (Wildman–Crippen MR) is 134 cm³/mol. The lowest BCUT2D eigenvalue weighted by molar-refractivity contribution is -0.0108. The number of fused-ring (bicyclic) bond motifs is 1. The van der Waals surface area contributed by atoms with E-state index in [-0.39, 0.29) is 11.8 Å². The first-order valence-corrected chi connectivity index (χ1v) is 12.1. The first kappa shape index (κ1) is 24.5. The number of piperidine rings is 1. The molecule has 1 fully saturated rings. The molecule has 178 valence electrons. The first-order chi connectivity index (χ1) is 16.0. The van der Waals surface area contributed by atoms with Crippen LogP contribution in [0.1, 0.15) is 59.6 Å². The molecule has 3 aromatic rings. The summed E-state index contributed by atoms with van der Waals surface area (Å²) in [6.45, 7) is 6.72. The molecule has 0 radical (unpaired) electrons. The molecule has 2 aromatic carbocycles. The van der Waals surface area contributed by atoms with Crippen LogP contribution in [0.5, 0.6) is 0 Å². The van der Waals surface area contributed by atoms with Gasteiger partial charge in [0.1, 0.15) is 5.82 Å². The molecule has 1 amide bonds. The van der Waals surface area contributed by atoms with E-state index < -0.39 is 5.60 Å². The number of aliphatic hydroxyl groups is 1. The summed E-state index contributed by atoms with van der Waals surface area (Å²) in [5.41, 5.74) is 3.51. The topological polar surface area (TPSA) is 82.2 Å². The Morgan fingerprint density at radius 3 is 2.56 bits per heavy atom. The summed E-state index contributed by atoms with van der Waals surface area (Å²) in [5, 5.41) is 20.4. The molecule has 4 rings (SSSR count). The molecule has 0 atom stereocenters. The number of nitriles is 1. The first-order valence-electron chi connectivity index (χ1n) is 11.4. The summed E-state index contributed by atoms with van der Waals surface area (Å²) in [7, 11) is 1.90. The Morgan fingerprint density at radius 1 is 1.26 bits per heavy atom. The number of hydrogen-bond acceptors (Lipinski definition) is 4. The van der Waals surface area contributed by atoms with Crippen LogP contribution in [0, 0.1) is 24.2 Å². The number of amides is 1. The molecular weight excluding hydrogens is 471 g/mol. The number of likely N-dealkylation sites (tertiary alicyclic amines) is 1. The average molecular weight is 499 g/mol. The fraction of sp³-hybridized carbons (Fsp3) is 0.423. The lowest BCUT2D eigenvalue weighted by atomic mass is 9.83. The normalized spacial score (nSPS) is 15.1. The van der Waals surface area contributed by atoms with E-state index >= 15 is 0 Å². The maximum atomic E-state index is 13.3. The minimum absolute atomic E-state index is 0.128. The van der Waals surface area contributed by atoms with Gasteiger partial charge in [0, 0.05) is 31.6 Å². The highest BCUT2D eigenvalue weighted by Gasteiger charge is 2.33. The highest BCUT2D eigenvalue weighted by molar-refractivity contribution is 6.38. The Balaban J connectivity index is 1.63. The van der Waals surface area contributed by atoms with Gasteiger partial charge in [0.15, 0.2) is 0 Å². The standard InChI is InChI=1S/C26H28Cl2N4O2/c1-15-11-16(14-29)12-21-24(15)30-22(31(21)4)13-19-20(27)6-5-18(23(19)28)25(33)32-9-7-17(8-10-32)26(2,3)34/h5-6,11-12,17,34H,7-10,13H2,1-4H3. The summed E-state index contributed by atoms with van der Waals surface area (Å²) in [5.74, 6) is 0.777. The molecular formula is C26H28Cl2N4O2. The number of halogens is 2. The maximum Gasteiger partial charge on any atom is 0.255 e. The van der Waals surface area contributed by atoms with E-state index in [2.05, 4.69) is 6.07 Å². The Kier molecular flexibility index (Phi) is 6.65. The lowest BCUT2D eigenvalue weighted by Crippen LogP contribution is -2.44. The lowest BCUT2D eigenvalue weighted by Gasteiger charge is -2.38. The molecule has 0 unspecified atom stereocenters. The third kappa shape index (κ3) is 4.53. The van der Waals surface area contributed by atoms with Gasteiger partial charge in [0.05, 0.1) is 38.9 Å². The number of hydrogen-bond donors (Lipinski definition) is 1. The third-order valence-electron chi connectivity index (χ3n) is 6.93. The van der Waals surface area contributed by atoms with Crippen molar-refractivity contribution in [3.63, 3.8) is 0 Å². The van der Waals surface area contributed by atoms with Crippen molar-refractivity contribution in [3.05, 3.63) is 62.4 Å². The third-order valence-corrected chi connectivity index (χ3v) is 7.72. The minimum Gasteiger partial charge on any atom is -0.390 e. The summed E-state index contributed by atoms with van der Waals surface area (Å²) in [4.78, 5) is 19.9. The second-order valence-corrected chi connectivity index (χ2v) is 10.4. The largest absolute Gasteiger partial charge is 0.390 e. The molecule has 1 aromatic heterocycles. The predicted octanol–water partition coefficient (Wildman–Crippen LogP) is 5.27. The second kappa shape index (κ2) is 9.22. The van der Waals surface area contributed by atoms with Crippen molar-refractivity contribution in [2.45, 2.75) is 45.6 Å². The van der Waals surface area contributed by atoms with Gasteiger partial charge >= 0.3 is 0 Å². The van der Waals surface area contributed by atoms with E-state index in [1.165, 1.54) is 0 Å². The number of carbonyl (C=O) groups excluding carboxylic acids is 1. The van der Waals surface area contributed by atoms with Crippen LogP contribution < -0.4 is 0 Å². The van der Waals surface area contributed by atoms with Gasteiger partial charge in [-0.1, -0.05) is 23.2 Å². The van der Waals surface area contributed by atoms with Crippen molar-refractivity contribution in [2.24, 2.45) is 13.0 Å². The molecule has 1 saturated heterocycles. The van der Waals surface area contributed by atoms with Crippen LogP contribution in [0.2, 0.25) is 10.0 Å². The molecule has 8 heteroatoms. The summed E-state index contributed by atoms with van der Waals surface area (Å²) >= 11 is 13.3. The monoisotopic (exact) mass is 498 g/mol. The van der Waals surface area contributed by atoms with Gasteiger partial charge in [0.25, 0.3) is 5.91 Å². The van der Waals surface area contributed by atoms with Crippen molar-refractivity contribution in [2.75, 3.05) is 13.1 Å². The van der Waals surface area contributed by atoms with Crippen LogP contribution in [-0.2, 0) is 13.5 Å². The summed E-state index contributed by atoms with van der Waals surface area (Å²) in [6.07, 6.45) is 1.85. The molecule has 0 aliphatic carbocycles. The quantitative estimate of drug-likeness (QED) is 0.530. The molecule has 0 spiro atoms. The zero-order chi connectivity index (χ0) is 24.8. The van der Waals surface area contributed by atoms with Gasteiger partial charge < -0.3 is 14.6 Å². The average Bonchev–Trinajstić information content (AvgIpc) is 3.11. The van der Waals surface area contributed by atoms with Crippen LogP contribution in [0.25, 0.3) is 11.0 Å². The van der Waals surface area contributed by atoms with Crippen molar-refractivity contribution in [1.82, 2.24) is 14.5 Å². The van der Waals surface area contributed by atoms with Crippen LogP contribution in [0.3, 0.4) is 0 Å². The van der Waals surface area contributed by atoms with Gasteiger partial charge in [-0.3, -0.25) is 4.79 Å². The Bertz CT molecular complexity index is 1310. The maximum absolute atomic E-state index is 13.3. The molecule has 0 bridgehead atoms. The summed E-state index contributed by atoms with van der Waals surface area (Å²) in [6, 6.07) is 9.21. The van der Waals surface area contributed by atoms with Gasteiger partial charge in [-0.05, 0) is 74.9 Å². The van der Waals surface area contributed by atoms with Crippen LogP contribution in [-0.4, -0.2) is 44.2 Å². The molecule has 6 nitrogen and oxygen atoms in total. The van der Waals surface area contributed by atoms with E-state index in [4.69, 9.17) is 28.2 Å². The van der Waals surface area contributed by atoms with Gasteiger partial charge in [-0.15, -0.1) is 0 Å². The fourth-order valence-corrected chi connectivity index (χ4v) is 5.36. The van der Waals surface area contributed by atoms with Crippen LogP contribution in [0.4, 0.5) is 0 Å². The zero-order valence-corrected chi connectivity index (χ0v) is 21.3. The molecule has 2 heterocycles. The molecule has 1 aliphatic heterocycles. The number of imidazole rings is 1. The number of aryl methyl sites for hydroxylation is 2. The SMILES string of the molecule is Cc1cc(C#N)cc2c1nc(Cc1c(Cl)ccc(C(=O)N3CCC(C(C)(C)O)CC3)c1Cl)n2C. The molecule has 1 N–H and O–H groups in total. The van der Waals surface area contributed by atoms with E-state index in [0.717, 1.165) is 35.3 Å². The summed E-state index contributed by atoms with van der Waals surface area (Å²) < 4.78 is 1.94. The Morgan fingerprint density at radius 2 is 1.94 bits per heavy atom. The number of nitrogens with zero attached hydrogens (tertiary/aromatic N) is 4. The Hall–Kier alpha value is -2.59. The number of benzene rings is 2. The van der Waals surface area contributed by atoms with Crippen LogP contribution in [0.15, 0.2) is 24.3 Å². The molecule has 0 saturated carbocycles. The van der Waals surface area contributed by atoms with Gasteiger partial charge in [-0.25, -0.2) is 4.98 Å². The van der Waals surface area contributed by atoms with E-state index in [1.807, 2.05) is 44.5 Å². The van der Waals surface area contributed by atoms with Crippen LogP contribution >= 0.6 is 23.2 Å². The zero-order valence-electron chi connectivity index (χ0n) is 19.8. The van der Waals surface area contributed by atoms with E-state index in [0.29, 0.717) is 46.2 Å². The van der Waals surface area contributed by atoms with Crippen molar-refractivity contribution in [3.8, 4) is 6.07 Å². The highest BCUT2D eigenvalue weighted by atomic mass is 35.5. The number of carbonyl (C=O) groups is 1. The van der Waals surface area contributed by atoms with Crippen molar-refractivity contribution >= 4 is 40.1 Å². The molecule has 34 heavy (non-hydrogen) atoms. The van der Waals surface area contributed by atoms with Gasteiger partial charge in [0.2, 0.25) is 0 Å². The minimum atomic E-state index is -0.752.